The Morgan fingerprint density at radius 1 is 1.09 bits per heavy atom. The molecule has 0 saturated carbocycles. The number of rotatable bonds is 10. The van der Waals surface area contributed by atoms with Gasteiger partial charge in [-0.1, -0.05) is 36.4 Å². The number of hydrogen-bond donors (Lipinski definition) is 1. The number of hydrazone groups is 1. The molecular weight excluding hydrogens is 444 g/mol. The number of ether oxygens (including phenoxy) is 2. The predicted molar refractivity (Wildman–Crippen MR) is 131 cm³/mol. The summed E-state index contributed by atoms with van der Waals surface area (Å²) in [4.78, 5) is 13.5. The number of carbonyl (C=O) groups is 1. The molecule has 0 atom stereocenters. The molecule has 0 bridgehead atoms. The van der Waals surface area contributed by atoms with E-state index in [4.69, 9.17) is 21.1 Å². The molecule has 0 aromatic heterocycles. The van der Waals surface area contributed by atoms with Crippen LogP contribution in [-0.2, 0) is 5.75 Å². The predicted octanol–water partition coefficient (Wildman–Crippen LogP) is 5.97. The second kappa shape index (κ2) is 12.0. The van der Waals surface area contributed by atoms with Crippen LogP contribution in [0.2, 0.25) is 5.02 Å². The van der Waals surface area contributed by atoms with Gasteiger partial charge in [0.25, 0.3) is 5.91 Å². The number of hydrogen-bond acceptors (Lipinski definition) is 5. The lowest BCUT2D eigenvalue weighted by Gasteiger charge is -2.09. The number of amides is 1. The van der Waals surface area contributed by atoms with Crippen molar-refractivity contribution in [3.8, 4) is 11.5 Å². The highest BCUT2D eigenvalue weighted by Crippen LogP contribution is 2.27. The molecule has 0 radical (unpaired) electrons. The Hall–Kier alpha value is -3.22. The summed E-state index contributed by atoms with van der Waals surface area (Å²) < 4.78 is 10.9. The van der Waals surface area contributed by atoms with Crippen LogP contribution in [0.4, 0.5) is 0 Å². The van der Waals surface area contributed by atoms with Crippen LogP contribution in [0, 0.1) is 0 Å². The van der Waals surface area contributed by atoms with E-state index in [-0.39, 0.29) is 5.91 Å². The van der Waals surface area contributed by atoms with Crippen molar-refractivity contribution in [3.63, 3.8) is 0 Å². The maximum absolute atomic E-state index is 12.4. The Balaban J connectivity index is 1.53. The minimum atomic E-state index is -0.281. The fraction of sp³-hybridized carbons (Fsp3) is 0.120. The summed E-state index contributed by atoms with van der Waals surface area (Å²) in [6.45, 7) is 4.01. The van der Waals surface area contributed by atoms with Crippen LogP contribution in [-0.4, -0.2) is 25.8 Å². The van der Waals surface area contributed by atoms with Gasteiger partial charge in [0.05, 0.1) is 13.3 Å². The highest BCUT2D eigenvalue weighted by molar-refractivity contribution is 7.98. The smallest absolute Gasteiger partial charge is 0.271 e. The fourth-order valence-electron chi connectivity index (χ4n) is 2.71. The van der Waals surface area contributed by atoms with Crippen LogP contribution < -0.4 is 14.9 Å². The van der Waals surface area contributed by atoms with Crippen molar-refractivity contribution >= 4 is 35.5 Å². The molecule has 0 fully saturated rings. The number of nitrogens with one attached hydrogen (secondary N) is 1. The number of nitrogens with zero attached hydrogens (tertiary/aromatic N) is 1. The number of carbonyl (C=O) groups excluding carboxylic acids is 1. The summed E-state index contributed by atoms with van der Waals surface area (Å²) in [6.07, 6.45) is 3.21. The Morgan fingerprint density at radius 3 is 2.53 bits per heavy atom. The van der Waals surface area contributed by atoms with Gasteiger partial charge in [-0.3, -0.25) is 4.79 Å². The SMILES string of the molecule is C=CCOc1ccc(/C=N\NC(=O)c2ccc(CSc3ccc(Cl)cc3)cc2)cc1OC. The summed E-state index contributed by atoms with van der Waals surface area (Å²) in [6, 6.07) is 20.6. The van der Waals surface area contributed by atoms with Crippen LogP contribution in [0.1, 0.15) is 21.5 Å². The summed E-state index contributed by atoms with van der Waals surface area (Å²) in [5, 5.41) is 4.76. The fourth-order valence-corrected chi connectivity index (χ4v) is 3.69. The standard InChI is InChI=1S/C25H23ClN2O3S/c1-3-14-31-23-13-6-19(15-24(23)30-2)16-27-28-25(29)20-7-4-18(5-8-20)17-32-22-11-9-21(26)10-12-22/h3-13,15-16H,1,14,17H2,2H3,(H,28,29)/b27-16-. The van der Waals surface area contributed by atoms with Gasteiger partial charge >= 0.3 is 0 Å². The lowest BCUT2D eigenvalue weighted by Crippen LogP contribution is -2.17. The average Bonchev–Trinajstić information content (AvgIpc) is 2.83. The zero-order valence-corrected chi connectivity index (χ0v) is 19.2. The Bertz CT molecular complexity index is 1080. The van der Waals surface area contributed by atoms with E-state index in [1.165, 1.54) is 0 Å². The van der Waals surface area contributed by atoms with Crippen molar-refractivity contribution in [2.24, 2.45) is 5.10 Å². The molecule has 1 amide bonds. The summed E-state index contributed by atoms with van der Waals surface area (Å²) in [5.74, 6) is 1.71. The Labute approximate surface area is 197 Å². The molecule has 5 nitrogen and oxygen atoms in total. The molecule has 0 unspecified atom stereocenters. The second-order valence-electron chi connectivity index (χ2n) is 6.65. The van der Waals surface area contributed by atoms with Crippen LogP contribution in [0.25, 0.3) is 0 Å². The van der Waals surface area contributed by atoms with Crippen molar-refractivity contribution in [2.45, 2.75) is 10.6 Å². The van der Waals surface area contributed by atoms with Gasteiger partial charge in [0.1, 0.15) is 6.61 Å². The second-order valence-corrected chi connectivity index (χ2v) is 8.13. The summed E-state index contributed by atoms with van der Waals surface area (Å²) in [5.41, 5.74) is 4.97. The quantitative estimate of drug-likeness (QED) is 0.173. The first-order valence-electron chi connectivity index (χ1n) is 9.81. The maximum Gasteiger partial charge on any atom is 0.271 e. The molecule has 0 aliphatic heterocycles. The lowest BCUT2D eigenvalue weighted by atomic mass is 10.1. The molecule has 0 spiro atoms. The first-order valence-corrected chi connectivity index (χ1v) is 11.2. The van der Waals surface area contributed by atoms with E-state index in [1.54, 1.807) is 55.4 Å². The first kappa shape index (κ1) is 23.4. The third-order valence-electron chi connectivity index (χ3n) is 4.36. The van der Waals surface area contributed by atoms with Gasteiger partial charge in [-0.15, -0.1) is 11.8 Å². The first-order chi connectivity index (χ1) is 15.6. The zero-order chi connectivity index (χ0) is 22.8. The van der Waals surface area contributed by atoms with Crippen molar-refractivity contribution in [1.82, 2.24) is 5.43 Å². The number of benzene rings is 3. The molecule has 0 aliphatic carbocycles. The molecule has 32 heavy (non-hydrogen) atoms. The van der Waals surface area contributed by atoms with E-state index in [9.17, 15) is 4.79 Å². The molecule has 3 rings (SSSR count). The highest BCUT2D eigenvalue weighted by atomic mass is 35.5. The maximum atomic E-state index is 12.4. The molecule has 0 saturated heterocycles. The van der Waals surface area contributed by atoms with Crippen molar-refractivity contribution in [3.05, 3.63) is 101 Å². The van der Waals surface area contributed by atoms with E-state index < -0.39 is 0 Å². The largest absolute Gasteiger partial charge is 0.493 e. The number of thioether (sulfide) groups is 1. The molecular formula is C25H23ClN2O3S. The number of halogens is 1. The van der Waals surface area contributed by atoms with Crippen molar-refractivity contribution in [2.75, 3.05) is 13.7 Å². The van der Waals surface area contributed by atoms with E-state index in [2.05, 4.69) is 17.1 Å². The minimum absolute atomic E-state index is 0.281. The van der Waals surface area contributed by atoms with Gasteiger partial charge in [-0.05, 0) is 65.7 Å². The van der Waals surface area contributed by atoms with Gasteiger partial charge in [-0.2, -0.15) is 5.10 Å². The molecule has 3 aromatic rings. The Morgan fingerprint density at radius 2 is 1.84 bits per heavy atom. The monoisotopic (exact) mass is 466 g/mol. The van der Waals surface area contributed by atoms with Gasteiger partial charge in [0, 0.05) is 21.2 Å². The van der Waals surface area contributed by atoms with Gasteiger partial charge in [0.15, 0.2) is 11.5 Å². The van der Waals surface area contributed by atoms with E-state index in [1.807, 2.05) is 42.5 Å². The Kier molecular flexibility index (Phi) is 8.78. The van der Waals surface area contributed by atoms with E-state index >= 15 is 0 Å². The average molecular weight is 467 g/mol. The molecule has 0 heterocycles. The van der Waals surface area contributed by atoms with Crippen LogP contribution in [0.3, 0.4) is 0 Å². The lowest BCUT2D eigenvalue weighted by molar-refractivity contribution is 0.0955. The highest BCUT2D eigenvalue weighted by Gasteiger charge is 2.06. The van der Waals surface area contributed by atoms with Crippen LogP contribution in [0.5, 0.6) is 11.5 Å². The van der Waals surface area contributed by atoms with E-state index in [0.717, 1.165) is 26.8 Å². The van der Waals surface area contributed by atoms with E-state index in [0.29, 0.717) is 23.7 Å². The van der Waals surface area contributed by atoms with Gasteiger partial charge in [-0.25, -0.2) is 5.43 Å². The third kappa shape index (κ3) is 6.90. The molecule has 1 N–H and O–H groups in total. The minimum Gasteiger partial charge on any atom is -0.493 e. The third-order valence-corrected chi connectivity index (χ3v) is 5.69. The van der Waals surface area contributed by atoms with Gasteiger partial charge < -0.3 is 9.47 Å². The molecule has 0 aliphatic rings. The molecule has 164 valence electrons. The van der Waals surface area contributed by atoms with Crippen molar-refractivity contribution in [1.29, 1.82) is 0 Å². The molecule has 3 aromatic carbocycles. The van der Waals surface area contributed by atoms with Crippen molar-refractivity contribution < 1.29 is 14.3 Å². The van der Waals surface area contributed by atoms with Crippen LogP contribution >= 0.6 is 23.4 Å². The summed E-state index contributed by atoms with van der Waals surface area (Å²) in [7, 11) is 1.57. The molecule has 7 heteroatoms. The van der Waals surface area contributed by atoms with Gasteiger partial charge in [0.2, 0.25) is 0 Å². The topological polar surface area (TPSA) is 59.9 Å². The normalized spacial score (nSPS) is 10.7. The zero-order valence-electron chi connectivity index (χ0n) is 17.6. The number of methoxy groups -OCH3 is 1. The summed E-state index contributed by atoms with van der Waals surface area (Å²) >= 11 is 7.62. The van der Waals surface area contributed by atoms with Crippen LogP contribution in [0.15, 0.2) is 89.4 Å².